The first kappa shape index (κ1) is 16.8. The zero-order valence-electron chi connectivity index (χ0n) is 15.0. The Morgan fingerprint density at radius 1 is 0.720 bits per heavy atom. The van der Waals surface area contributed by atoms with E-state index in [0.29, 0.717) is 13.2 Å². The van der Waals surface area contributed by atoms with Gasteiger partial charge in [-0.15, -0.1) is 0 Å². The predicted octanol–water partition coefficient (Wildman–Crippen LogP) is 4.41. The maximum atomic E-state index is 6.04. The summed E-state index contributed by atoms with van der Waals surface area (Å²) in [4.78, 5) is 0. The third kappa shape index (κ3) is 2.91. The molecule has 2 fully saturated rings. The van der Waals surface area contributed by atoms with Crippen molar-refractivity contribution in [3.8, 4) is 0 Å². The first-order valence-electron chi connectivity index (χ1n) is 9.29. The Kier molecular flexibility index (Phi) is 4.40. The van der Waals surface area contributed by atoms with Crippen molar-refractivity contribution in [1.82, 2.24) is 0 Å². The Balaban J connectivity index is 1.31. The lowest BCUT2D eigenvalue weighted by Gasteiger charge is -2.12. The minimum atomic E-state index is -0.160. The summed E-state index contributed by atoms with van der Waals surface area (Å²) in [5, 5.41) is 0. The lowest BCUT2D eigenvalue weighted by Crippen LogP contribution is -2.19. The van der Waals surface area contributed by atoms with Gasteiger partial charge in [0.25, 0.3) is 0 Å². The molecule has 0 amide bonds. The van der Waals surface area contributed by atoms with E-state index in [4.69, 9.17) is 14.2 Å². The quantitative estimate of drug-likeness (QED) is 0.669. The summed E-state index contributed by atoms with van der Waals surface area (Å²) in [7, 11) is 0. The van der Waals surface area contributed by atoms with Gasteiger partial charge in [0, 0.05) is 0 Å². The lowest BCUT2D eigenvalue weighted by atomic mass is 9.92. The second-order valence-corrected chi connectivity index (χ2v) is 6.97. The van der Waals surface area contributed by atoms with E-state index in [9.17, 15) is 0 Å². The van der Waals surface area contributed by atoms with Crippen LogP contribution in [-0.4, -0.2) is 25.4 Å². The third-order valence-corrected chi connectivity index (χ3v) is 5.74. The molecule has 2 saturated heterocycles. The Hall–Kier alpha value is -1.68. The van der Waals surface area contributed by atoms with Crippen LogP contribution >= 0.6 is 0 Å². The fraction of sp³-hybridized carbons (Fsp3) is 0.455. The van der Waals surface area contributed by atoms with Crippen molar-refractivity contribution in [2.75, 3.05) is 13.2 Å². The molecular formula is C22H26O3. The predicted molar refractivity (Wildman–Crippen MR) is 97.4 cm³/mol. The van der Waals surface area contributed by atoms with Gasteiger partial charge in [-0.3, -0.25) is 0 Å². The summed E-state index contributed by atoms with van der Waals surface area (Å²) in [5.41, 5.74) is 2.18. The molecule has 2 heterocycles. The summed E-state index contributed by atoms with van der Waals surface area (Å²) >= 11 is 0. The fourth-order valence-electron chi connectivity index (χ4n) is 4.04. The van der Waals surface area contributed by atoms with Gasteiger partial charge in [-0.2, -0.15) is 0 Å². The Bertz CT molecular complexity index is 640. The van der Waals surface area contributed by atoms with Crippen LogP contribution in [-0.2, 0) is 25.4 Å². The Morgan fingerprint density at radius 3 is 1.48 bits per heavy atom. The minimum absolute atomic E-state index is 0.145. The van der Waals surface area contributed by atoms with Crippen molar-refractivity contribution >= 4 is 0 Å². The normalized spacial score (nSPS) is 33.2. The SMILES string of the molecule is CCC1(c2ccccc2)OC1COCC1OC1(CC)c1ccccc1. The van der Waals surface area contributed by atoms with Crippen LogP contribution in [0.2, 0.25) is 0 Å². The smallest absolute Gasteiger partial charge is 0.122 e. The molecule has 0 aromatic heterocycles. The second-order valence-electron chi connectivity index (χ2n) is 6.97. The highest BCUT2D eigenvalue weighted by Gasteiger charge is 2.58. The van der Waals surface area contributed by atoms with E-state index in [1.165, 1.54) is 11.1 Å². The minimum Gasteiger partial charge on any atom is -0.376 e. The van der Waals surface area contributed by atoms with E-state index in [1.54, 1.807) is 0 Å². The molecule has 2 aromatic carbocycles. The first-order valence-corrected chi connectivity index (χ1v) is 9.29. The Morgan fingerprint density at radius 2 is 1.12 bits per heavy atom. The van der Waals surface area contributed by atoms with Gasteiger partial charge in [0.05, 0.1) is 13.2 Å². The average Bonchev–Trinajstić information content (AvgIpc) is 3.58. The highest BCUT2D eigenvalue weighted by molar-refractivity contribution is 5.30. The molecule has 2 aromatic rings. The van der Waals surface area contributed by atoms with Gasteiger partial charge in [0.1, 0.15) is 23.4 Å². The molecule has 0 spiro atoms. The molecule has 4 rings (SSSR count). The van der Waals surface area contributed by atoms with Gasteiger partial charge < -0.3 is 14.2 Å². The summed E-state index contributed by atoms with van der Waals surface area (Å²) in [6, 6.07) is 20.9. The molecule has 4 atom stereocenters. The molecule has 25 heavy (non-hydrogen) atoms. The average molecular weight is 338 g/mol. The molecule has 132 valence electrons. The lowest BCUT2D eigenvalue weighted by molar-refractivity contribution is 0.101. The van der Waals surface area contributed by atoms with Crippen LogP contribution in [0.3, 0.4) is 0 Å². The zero-order chi connectivity index (χ0) is 17.3. The van der Waals surface area contributed by atoms with E-state index in [-0.39, 0.29) is 23.4 Å². The number of hydrogen-bond acceptors (Lipinski definition) is 3. The molecule has 3 heteroatoms. The molecule has 2 aliphatic heterocycles. The molecule has 0 aliphatic carbocycles. The van der Waals surface area contributed by atoms with Crippen LogP contribution in [0, 0.1) is 0 Å². The number of benzene rings is 2. The number of epoxide rings is 2. The van der Waals surface area contributed by atoms with Gasteiger partial charge in [0.15, 0.2) is 0 Å². The Labute approximate surface area is 149 Å². The highest BCUT2D eigenvalue weighted by Crippen LogP contribution is 2.51. The molecule has 2 aliphatic rings. The summed E-state index contributed by atoms with van der Waals surface area (Å²) < 4.78 is 18.1. The van der Waals surface area contributed by atoms with Crippen molar-refractivity contribution in [2.45, 2.75) is 50.1 Å². The summed E-state index contributed by atoms with van der Waals surface area (Å²) in [6.45, 7) is 5.59. The molecule has 0 saturated carbocycles. The van der Waals surface area contributed by atoms with E-state index in [2.05, 4.69) is 62.4 Å². The topological polar surface area (TPSA) is 34.3 Å². The largest absolute Gasteiger partial charge is 0.376 e. The van der Waals surface area contributed by atoms with E-state index < -0.39 is 0 Å². The van der Waals surface area contributed by atoms with Crippen LogP contribution in [0.15, 0.2) is 60.7 Å². The number of rotatable bonds is 8. The summed E-state index contributed by atoms with van der Waals surface area (Å²) in [5.74, 6) is 0. The van der Waals surface area contributed by atoms with Crippen LogP contribution in [0.25, 0.3) is 0 Å². The summed E-state index contributed by atoms with van der Waals surface area (Å²) in [6.07, 6.45) is 2.22. The number of ether oxygens (including phenoxy) is 3. The van der Waals surface area contributed by atoms with E-state index >= 15 is 0 Å². The van der Waals surface area contributed by atoms with Crippen LogP contribution < -0.4 is 0 Å². The molecule has 0 bridgehead atoms. The maximum Gasteiger partial charge on any atom is 0.122 e. The van der Waals surface area contributed by atoms with Gasteiger partial charge in [-0.25, -0.2) is 0 Å². The van der Waals surface area contributed by atoms with Crippen molar-refractivity contribution in [3.63, 3.8) is 0 Å². The van der Waals surface area contributed by atoms with E-state index in [0.717, 1.165) is 12.8 Å². The van der Waals surface area contributed by atoms with Gasteiger partial charge in [-0.1, -0.05) is 74.5 Å². The zero-order valence-corrected chi connectivity index (χ0v) is 15.0. The van der Waals surface area contributed by atoms with Crippen molar-refractivity contribution in [3.05, 3.63) is 71.8 Å². The molecule has 3 nitrogen and oxygen atoms in total. The molecule has 0 radical (unpaired) electrons. The third-order valence-electron chi connectivity index (χ3n) is 5.74. The van der Waals surface area contributed by atoms with Gasteiger partial charge in [-0.05, 0) is 24.0 Å². The van der Waals surface area contributed by atoms with Crippen molar-refractivity contribution in [1.29, 1.82) is 0 Å². The van der Waals surface area contributed by atoms with Crippen LogP contribution in [0.5, 0.6) is 0 Å². The molecule has 4 unspecified atom stereocenters. The monoisotopic (exact) mass is 338 g/mol. The standard InChI is InChI=1S/C22H26O3/c1-3-21(17-11-7-5-8-12-17)19(24-21)15-23-16-20-22(4-2,25-20)18-13-9-6-10-14-18/h5-14,19-20H,3-4,15-16H2,1-2H3. The van der Waals surface area contributed by atoms with Gasteiger partial charge >= 0.3 is 0 Å². The second kappa shape index (κ2) is 6.56. The fourth-order valence-corrected chi connectivity index (χ4v) is 4.04. The molecular weight excluding hydrogens is 312 g/mol. The maximum absolute atomic E-state index is 6.04. The first-order chi connectivity index (χ1) is 12.2. The highest BCUT2D eigenvalue weighted by atomic mass is 16.7. The number of hydrogen-bond donors (Lipinski definition) is 0. The van der Waals surface area contributed by atoms with Crippen LogP contribution in [0.1, 0.15) is 37.8 Å². The van der Waals surface area contributed by atoms with Gasteiger partial charge in [0.2, 0.25) is 0 Å². The molecule has 0 N–H and O–H groups in total. The van der Waals surface area contributed by atoms with Crippen molar-refractivity contribution < 1.29 is 14.2 Å². The van der Waals surface area contributed by atoms with E-state index in [1.807, 2.05) is 12.1 Å². The van der Waals surface area contributed by atoms with Crippen molar-refractivity contribution in [2.24, 2.45) is 0 Å². The van der Waals surface area contributed by atoms with Crippen LogP contribution in [0.4, 0.5) is 0 Å².